The minimum absolute atomic E-state index is 0.0302. The summed E-state index contributed by atoms with van der Waals surface area (Å²) in [5.41, 5.74) is 2.73. The van der Waals surface area contributed by atoms with Crippen LogP contribution >= 0.6 is 0 Å². The highest BCUT2D eigenvalue weighted by atomic mass is 32.2. The quantitative estimate of drug-likeness (QED) is 0.547. The van der Waals surface area contributed by atoms with Gasteiger partial charge in [-0.1, -0.05) is 24.3 Å². The summed E-state index contributed by atoms with van der Waals surface area (Å²) in [6, 6.07) is 12.2. The van der Waals surface area contributed by atoms with Gasteiger partial charge in [0.1, 0.15) is 11.6 Å². The zero-order valence-corrected chi connectivity index (χ0v) is 22.0. The van der Waals surface area contributed by atoms with E-state index in [1.807, 2.05) is 35.6 Å². The molecular weight excluding hydrogens is 485 g/mol. The maximum atomic E-state index is 13.2. The van der Waals surface area contributed by atoms with Gasteiger partial charge in [-0.3, -0.25) is 19.2 Å². The second-order valence-corrected chi connectivity index (χ2v) is 11.2. The molecule has 2 aromatic rings. The Hall–Kier alpha value is -2.98. The Kier molecular flexibility index (Phi) is 9.08. The number of aryl methyl sites for hydroxylation is 2. The molecule has 1 fully saturated rings. The lowest BCUT2D eigenvalue weighted by molar-refractivity contribution is -0.137. The Bertz CT molecular complexity index is 1190. The molecule has 36 heavy (non-hydrogen) atoms. The van der Waals surface area contributed by atoms with Crippen LogP contribution in [0.5, 0.6) is 5.75 Å². The largest absolute Gasteiger partial charge is 0.483 e. The van der Waals surface area contributed by atoms with Crippen molar-refractivity contribution in [3.8, 4) is 5.75 Å². The SMILES string of the molecule is Cc1ccc(CCC(=O)N2CC(C)N(Cc3ccc(F)cc3)CC2C)c(OCC(=O)NS(C)(=O)=O)c1. The lowest BCUT2D eigenvalue weighted by atomic mass is 10.0. The highest BCUT2D eigenvalue weighted by Crippen LogP contribution is 2.24. The highest BCUT2D eigenvalue weighted by Gasteiger charge is 2.31. The normalized spacial score (nSPS) is 18.6. The summed E-state index contributed by atoms with van der Waals surface area (Å²) < 4.78 is 43.1. The van der Waals surface area contributed by atoms with Crippen LogP contribution in [0, 0.1) is 12.7 Å². The molecule has 0 aromatic heterocycles. The van der Waals surface area contributed by atoms with Crippen molar-refractivity contribution in [1.29, 1.82) is 0 Å². The number of ether oxygens (including phenoxy) is 1. The lowest BCUT2D eigenvalue weighted by Gasteiger charge is -2.44. The van der Waals surface area contributed by atoms with E-state index in [-0.39, 0.29) is 30.2 Å². The van der Waals surface area contributed by atoms with E-state index < -0.39 is 22.5 Å². The predicted octanol–water partition coefficient (Wildman–Crippen LogP) is 2.64. The van der Waals surface area contributed by atoms with Gasteiger partial charge in [0.25, 0.3) is 5.91 Å². The van der Waals surface area contributed by atoms with Crippen molar-refractivity contribution in [3.63, 3.8) is 0 Å². The molecule has 0 radical (unpaired) electrons. The number of halogens is 1. The van der Waals surface area contributed by atoms with Crippen LogP contribution in [0.3, 0.4) is 0 Å². The number of hydrogen-bond donors (Lipinski definition) is 1. The third-order valence-electron chi connectivity index (χ3n) is 6.22. The fourth-order valence-electron chi connectivity index (χ4n) is 4.36. The lowest BCUT2D eigenvalue weighted by Crippen LogP contribution is -2.57. The molecule has 8 nitrogen and oxygen atoms in total. The van der Waals surface area contributed by atoms with Crippen molar-refractivity contribution in [2.75, 3.05) is 26.0 Å². The van der Waals surface area contributed by atoms with E-state index in [9.17, 15) is 22.4 Å². The first kappa shape index (κ1) is 27.6. The van der Waals surface area contributed by atoms with E-state index in [1.165, 1.54) is 12.1 Å². The van der Waals surface area contributed by atoms with E-state index >= 15 is 0 Å². The van der Waals surface area contributed by atoms with Crippen molar-refractivity contribution in [1.82, 2.24) is 14.5 Å². The molecule has 0 saturated carbocycles. The third-order valence-corrected chi connectivity index (χ3v) is 6.82. The number of piperazine rings is 1. The van der Waals surface area contributed by atoms with Gasteiger partial charge in [0.2, 0.25) is 15.9 Å². The van der Waals surface area contributed by atoms with Crippen LogP contribution in [-0.4, -0.2) is 68.1 Å². The molecule has 1 aliphatic rings. The first-order chi connectivity index (χ1) is 16.9. The predicted molar refractivity (Wildman–Crippen MR) is 135 cm³/mol. The number of nitrogens with one attached hydrogen (secondary N) is 1. The van der Waals surface area contributed by atoms with Crippen LogP contribution in [0.1, 0.15) is 37.0 Å². The molecule has 2 unspecified atom stereocenters. The van der Waals surface area contributed by atoms with E-state index in [4.69, 9.17) is 4.74 Å². The number of nitrogens with zero attached hydrogens (tertiary/aromatic N) is 2. The Morgan fingerprint density at radius 2 is 1.78 bits per heavy atom. The van der Waals surface area contributed by atoms with E-state index in [1.54, 1.807) is 18.2 Å². The van der Waals surface area contributed by atoms with Crippen LogP contribution in [0.2, 0.25) is 0 Å². The second-order valence-electron chi connectivity index (χ2n) is 9.50. The van der Waals surface area contributed by atoms with Crippen LogP contribution in [0.15, 0.2) is 42.5 Å². The number of carbonyl (C=O) groups is 2. The zero-order chi connectivity index (χ0) is 26.5. The van der Waals surface area contributed by atoms with Crippen molar-refractivity contribution < 1.29 is 27.1 Å². The van der Waals surface area contributed by atoms with Gasteiger partial charge in [0.15, 0.2) is 6.61 Å². The van der Waals surface area contributed by atoms with Crippen LogP contribution < -0.4 is 9.46 Å². The van der Waals surface area contributed by atoms with Crippen LogP contribution in [-0.2, 0) is 32.6 Å². The maximum absolute atomic E-state index is 13.2. The topological polar surface area (TPSA) is 96.0 Å². The smallest absolute Gasteiger partial charge is 0.271 e. The van der Waals surface area contributed by atoms with Gasteiger partial charge >= 0.3 is 0 Å². The number of benzene rings is 2. The molecule has 1 heterocycles. The van der Waals surface area contributed by atoms with E-state index in [2.05, 4.69) is 11.8 Å². The molecule has 2 amide bonds. The molecule has 10 heteroatoms. The van der Waals surface area contributed by atoms with Crippen molar-refractivity contribution in [2.45, 2.75) is 52.2 Å². The Balaban J connectivity index is 1.57. The van der Waals surface area contributed by atoms with Gasteiger partial charge in [-0.25, -0.2) is 12.8 Å². The summed E-state index contributed by atoms with van der Waals surface area (Å²) in [4.78, 5) is 29.2. The van der Waals surface area contributed by atoms with Crippen molar-refractivity contribution in [2.24, 2.45) is 0 Å². The molecule has 3 rings (SSSR count). The molecule has 0 aliphatic carbocycles. The molecule has 1 aliphatic heterocycles. The van der Waals surface area contributed by atoms with Gasteiger partial charge in [-0.15, -0.1) is 0 Å². The highest BCUT2D eigenvalue weighted by molar-refractivity contribution is 7.89. The van der Waals surface area contributed by atoms with Crippen LogP contribution in [0.4, 0.5) is 4.39 Å². The average molecular weight is 520 g/mol. The van der Waals surface area contributed by atoms with E-state index in [0.717, 1.165) is 29.5 Å². The van der Waals surface area contributed by atoms with E-state index in [0.29, 0.717) is 25.3 Å². The fraction of sp³-hybridized carbons (Fsp3) is 0.462. The monoisotopic (exact) mass is 519 g/mol. The summed E-state index contributed by atoms with van der Waals surface area (Å²) in [5, 5.41) is 0. The average Bonchev–Trinajstić information content (AvgIpc) is 2.79. The Morgan fingerprint density at radius 3 is 2.44 bits per heavy atom. The summed E-state index contributed by atoms with van der Waals surface area (Å²) in [6.07, 6.45) is 1.61. The molecule has 0 bridgehead atoms. The molecule has 2 aromatic carbocycles. The number of sulfonamides is 1. The minimum Gasteiger partial charge on any atom is -0.483 e. The number of carbonyl (C=O) groups excluding carboxylic acids is 2. The summed E-state index contributed by atoms with van der Waals surface area (Å²) in [5.74, 6) is -0.522. The van der Waals surface area contributed by atoms with Crippen molar-refractivity contribution in [3.05, 3.63) is 65.0 Å². The molecule has 196 valence electrons. The number of hydrogen-bond acceptors (Lipinski definition) is 6. The third kappa shape index (κ3) is 8.03. The van der Waals surface area contributed by atoms with Gasteiger partial charge in [-0.05, 0) is 62.1 Å². The summed E-state index contributed by atoms with van der Waals surface area (Å²) in [7, 11) is -3.66. The zero-order valence-electron chi connectivity index (χ0n) is 21.2. The molecule has 0 spiro atoms. The standard InChI is InChI=1S/C26H34FN3O5S/c1-18-5-8-22(24(13-18)35-17-25(31)28-36(4,33)34)9-12-26(32)30-15-19(2)29(14-20(30)3)16-21-6-10-23(27)11-7-21/h5-8,10-11,13,19-20H,9,12,14-17H2,1-4H3,(H,28,31). The Morgan fingerprint density at radius 1 is 1.08 bits per heavy atom. The molecule has 2 atom stereocenters. The van der Waals surface area contributed by atoms with Gasteiger partial charge < -0.3 is 9.64 Å². The summed E-state index contributed by atoms with van der Waals surface area (Å²) in [6.45, 7) is 7.58. The van der Waals surface area contributed by atoms with Gasteiger partial charge in [0.05, 0.1) is 6.26 Å². The fourth-order valence-corrected chi connectivity index (χ4v) is 4.83. The molecule has 1 saturated heterocycles. The van der Waals surface area contributed by atoms with Crippen molar-refractivity contribution >= 4 is 21.8 Å². The first-order valence-electron chi connectivity index (χ1n) is 11.9. The Labute approximate surface area is 212 Å². The molecular formula is C26H34FN3O5S. The second kappa shape index (κ2) is 11.8. The maximum Gasteiger partial charge on any atom is 0.271 e. The molecule has 1 N–H and O–H groups in total. The first-order valence-corrected chi connectivity index (χ1v) is 13.8. The minimum atomic E-state index is -3.66. The van der Waals surface area contributed by atoms with Crippen LogP contribution in [0.25, 0.3) is 0 Å². The van der Waals surface area contributed by atoms with Gasteiger partial charge in [-0.2, -0.15) is 0 Å². The number of amides is 2. The number of rotatable bonds is 9. The summed E-state index contributed by atoms with van der Waals surface area (Å²) >= 11 is 0. The van der Waals surface area contributed by atoms with Gasteiger partial charge in [0, 0.05) is 38.1 Å².